The van der Waals surface area contributed by atoms with E-state index in [0.29, 0.717) is 12.1 Å². The fourth-order valence-electron chi connectivity index (χ4n) is 4.33. The molecule has 1 aromatic heterocycles. The van der Waals surface area contributed by atoms with Crippen LogP contribution in [0, 0.1) is 25.2 Å². The maximum absolute atomic E-state index is 9.36. The van der Waals surface area contributed by atoms with Crippen LogP contribution in [0.5, 0.6) is 0 Å². The second kappa shape index (κ2) is 11.6. The highest BCUT2D eigenvalue weighted by atomic mass is 15.3. The van der Waals surface area contributed by atoms with Gasteiger partial charge in [0.25, 0.3) is 0 Å². The molecule has 1 N–H and O–H groups in total. The molecule has 0 bridgehead atoms. The molecule has 174 valence electrons. The molecule has 2 aromatic rings. The number of hydrogen-bond acceptors (Lipinski definition) is 6. The fourth-order valence-corrected chi connectivity index (χ4v) is 4.33. The summed E-state index contributed by atoms with van der Waals surface area (Å²) in [6.07, 6.45) is 7.66. The number of nitrogens with zero attached hydrogens (tertiary/aromatic N) is 5. The molecule has 0 unspecified atom stereocenters. The molecule has 6 nitrogen and oxygen atoms in total. The summed E-state index contributed by atoms with van der Waals surface area (Å²) in [4.78, 5) is 4.98. The Morgan fingerprint density at radius 2 is 1.88 bits per heavy atom. The Balaban J connectivity index is 2.00. The van der Waals surface area contributed by atoms with Crippen LogP contribution in [0.15, 0.2) is 30.0 Å². The van der Waals surface area contributed by atoms with Gasteiger partial charge in [0, 0.05) is 48.9 Å². The van der Waals surface area contributed by atoms with E-state index in [4.69, 9.17) is 0 Å². The van der Waals surface area contributed by atoms with Gasteiger partial charge in [-0.15, -0.1) is 5.10 Å². The molecule has 2 heterocycles. The SMILES string of the molecule is C/C=c1/c(C)nnc(NCc2cccc(C#N)c2C)/c1=C/C(=C/CC)N1CCN(CC)CC1. The van der Waals surface area contributed by atoms with Gasteiger partial charge in [0.15, 0.2) is 5.82 Å². The van der Waals surface area contributed by atoms with E-state index in [-0.39, 0.29) is 0 Å². The van der Waals surface area contributed by atoms with Crippen molar-refractivity contribution in [1.29, 1.82) is 5.26 Å². The summed E-state index contributed by atoms with van der Waals surface area (Å²) in [6.45, 7) is 16.4. The van der Waals surface area contributed by atoms with Gasteiger partial charge in [-0.2, -0.15) is 10.4 Å². The average Bonchev–Trinajstić information content (AvgIpc) is 2.84. The molecule has 1 aromatic carbocycles. The number of hydrogen-bond donors (Lipinski definition) is 1. The molecule has 0 aliphatic carbocycles. The third-order valence-electron chi connectivity index (χ3n) is 6.43. The van der Waals surface area contributed by atoms with Crippen molar-refractivity contribution in [2.45, 2.75) is 47.6 Å². The minimum Gasteiger partial charge on any atom is -0.369 e. The van der Waals surface area contributed by atoms with Crippen LogP contribution in [-0.2, 0) is 6.54 Å². The summed E-state index contributed by atoms with van der Waals surface area (Å²) in [5.41, 5.74) is 4.96. The molecule has 33 heavy (non-hydrogen) atoms. The normalized spacial score (nSPS) is 16.2. The minimum absolute atomic E-state index is 0.588. The van der Waals surface area contributed by atoms with Gasteiger partial charge in [-0.25, -0.2) is 0 Å². The largest absolute Gasteiger partial charge is 0.369 e. The smallest absolute Gasteiger partial charge is 0.156 e. The molecular formula is C27H36N6. The Labute approximate surface area is 197 Å². The molecule has 0 radical (unpaired) electrons. The second-order valence-electron chi connectivity index (χ2n) is 8.41. The third kappa shape index (κ3) is 5.80. The number of nitriles is 1. The Bertz CT molecular complexity index is 1150. The standard InChI is InChI=1S/C27H36N6/c1-6-10-24(33-15-13-32(8-3)14-16-33)17-26-25(7-2)21(5)30-31-27(26)29-19-23-12-9-11-22(18-28)20(23)4/h7,9-12,17H,6,8,13-16,19H2,1-5H3,(H,29,31)/b24-10-,25-7-,26-17+. The first-order chi connectivity index (χ1) is 16.0. The van der Waals surface area contributed by atoms with Crippen LogP contribution in [0.3, 0.4) is 0 Å². The Morgan fingerprint density at radius 1 is 1.12 bits per heavy atom. The van der Waals surface area contributed by atoms with Crippen molar-refractivity contribution in [2.24, 2.45) is 0 Å². The molecule has 1 aliphatic rings. The molecule has 0 atom stereocenters. The third-order valence-corrected chi connectivity index (χ3v) is 6.43. The lowest BCUT2D eigenvalue weighted by Crippen LogP contribution is -2.45. The van der Waals surface area contributed by atoms with E-state index in [1.165, 1.54) is 5.70 Å². The molecule has 0 spiro atoms. The summed E-state index contributed by atoms with van der Waals surface area (Å²) >= 11 is 0. The van der Waals surface area contributed by atoms with Gasteiger partial charge in [-0.05, 0) is 57.0 Å². The van der Waals surface area contributed by atoms with Gasteiger partial charge >= 0.3 is 0 Å². The molecule has 0 saturated carbocycles. The topological polar surface area (TPSA) is 68.1 Å². The van der Waals surface area contributed by atoms with Gasteiger partial charge in [0.2, 0.25) is 0 Å². The predicted octanol–water partition coefficient (Wildman–Crippen LogP) is 3.09. The van der Waals surface area contributed by atoms with Crippen LogP contribution in [0.2, 0.25) is 0 Å². The second-order valence-corrected chi connectivity index (χ2v) is 8.41. The van der Waals surface area contributed by atoms with Crippen molar-refractivity contribution in [1.82, 2.24) is 20.0 Å². The summed E-state index contributed by atoms with van der Waals surface area (Å²) in [5, 5.41) is 24.0. The van der Waals surface area contributed by atoms with Gasteiger partial charge in [-0.3, -0.25) is 0 Å². The number of allylic oxidation sites excluding steroid dienone is 2. The quantitative estimate of drug-likeness (QED) is 0.708. The Kier molecular flexibility index (Phi) is 8.62. The first-order valence-electron chi connectivity index (χ1n) is 11.9. The number of likely N-dealkylation sites (N-methyl/N-ethyl adjacent to an activating group) is 1. The summed E-state index contributed by atoms with van der Waals surface area (Å²) < 4.78 is 0. The lowest BCUT2D eigenvalue weighted by atomic mass is 10.0. The Hall–Kier alpha value is -3.17. The zero-order valence-electron chi connectivity index (χ0n) is 20.6. The number of aryl methyl sites for hydroxylation is 1. The summed E-state index contributed by atoms with van der Waals surface area (Å²) in [7, 11) is 0. The lowest BCUT2D eigenvalue weighted by molar-refractivity contribution is 0.169. The minimum atomic E-state index is 0.588. The molecule has 3 rings (SSSR count). The van der Waals surface area contributed by atoms with Crippen LogP contribution < -0.4 is 15.8 Å². The van der Waals surface area contributed by atoms with Crippen LogP contribution in [-0.4, -0.2) is 52.7 Å². The number of aromatic nitrogens is 2. The maximum atomic E-state index is 9.36. The van der Waals surface area contributed by atoms with Crippen LogP contribution in [0.25, 0.3) is 12.2 Å². The average molecular weight is 445 g/mol. The lowest BCUT2D eigenvalue weighted by Gasteiger charge is -2.36. The van der Waals surface area contributed by atoms with E-state index in [0.717, 1.165) is 72.2 Å². The van der Waals surface area contributed by atoms with Crippen molar-refractivity contribution in [3.63, 3.8) is 0 Å². The summed E-state index contributed by atoms with van der Waals surface area (Å²) in [5.74, 6) is 0.768. The first-order valence-corrected chi connectivity index (χ1v) is 11.9. The number of piperazine rings is 1. The number of benzene rings is 1. The van der Waals surface area contributed by atoms with Crippen molar-refractivity contribution < 1.29 is 0 Å². The molecule has 6 heteroatoms. The highest BCUT2D eigenvalue weighted by Gasteiger charge is 2.17. The fraction of sp³-hybridized carbons (Fsp3) is 0.444. The highest BCUT2D eigenvalue weighted by Crippen LogP contribution is 2.15. The van der Waals surface area contributed by atoms with Crippen LogP contribution in [0.1, 0.15) is 49.6 Å². The van der Waals surface area contributed by atoms with Crippen molar-refractivity contribution in [2.75, 3.05) is 38.0 Å². The number of anilines is 1. The van der Waals surface area contributed by atoms with Crippen molar-refractivity contribution in [3.8, 4) is 6.07 Å². The molecule has 1 fully saturated rings. The monoisotopic (exact) mass is 444 g/mol. The van der Waals surface area contributed by atoms with Crippen LogP contribution >= 0.6 is 0 Å². The summed E-state index contributed by atoms with van der Waals surface area (Å²) in [6, 6.07) is 8.11. The maximum Gasteiger partial charge on any atom is 0.156 e. The first kappa shape index (κ1) is 24.5. The van der Waals surface area contributed by atoms with Crippen LogP contribution in [0.4, 0.5) is 5.82 Å². The highest BCUT2D eigenvalue weighted by molar-refractivity contribution is 5.55. The van der Waals surface area contributed by atoms with E-state index in [2.05, 4.69) is 76.4 Å². The number of rotatable bonds is 7. The zero-order chi connectivity index (χ0) is 23.8. The Morgan fingerprint density at radius 3 is 2.52 bits per heavy atom. The van der Waals surface area contributed by atoms with Gasteiger partial charge in [0.05, 0.1) is 17.3 Å². The molecule has 1 aliphatic heterocycles. The van der Waals surface area contributed by atoms with Crippen molar-refractivity contribution in [3.05, 3.63) is 62.8 Å². The van der Waals surface area contributed by atoms with E-state index < -0.39 is 0 Å². The van der Waals surface area contributed by atoms with E-state index in [1.807, 2.05) is 26.0 Å². The van der Waals surface area contributed by atoms with E-state index in [1.54, 1.807) is 0 Å². The molecule has 1 saturated heterocycles. The van der Waals surface area contributed by atoms with E-state index in [9.17, 15) is 5.26 Å². The predicted molar refractivity (Wildman–Crippen MR) is 136 cm³/mol. The molecular weight excluding hydrogens is 408 g/mol. The van der Waals surface area contributed by atoms with Gasteiger partial charge in [0.1, 0.15) is 0 Å². The van der Waals surface area contributed by atoms with Gasteiger partial charge in [-0.1, -0.05) is 38.1 Å². The van der Waals surface area contributed by atoms with E-state index >= 15 is 0 Å². The zero-order valence-corrected chi connectivity index (χ0v) is 20.6. The van der Waals surface area contributed by atoms with Gasteiger partial charge < -0.3 is 15.1 Å². The molecule has 0 amide bonds. The number of nitrogens with one attached hydrogen (secondary N) is 1. The van der Waals surface area contributed by atoms with Crippen molar-refractivity contribution >= 4 is 18.0 Å².